The molecule has 0 radical (unpaired) electrons. The van der Waals surface area contributed by atoms with Crippen molar-refractivity contribution in [2.24, 2.45) is 10.4 Å². The molecule has 0 bridgehead atoms. The Labute approximate surface area is 159 Å². The van der Waals surface area contributed by atoms with Gasteiger partial charge in [-0.15, -0.1) is 0 Å². The van der Waals surface area contributed by atoms with Crippen molar-refractivity contribution in [1.29, 1.82) is 0 Å². The number of hydrogen-bond donors (Lipinski definition) is 1. The second-order valence-corrected chi connectivity index (χ2v) is 7.92. The van der Waals surface area contributed by atoms with Crippen molar-refractivity contribution in [3.8, 4) is 0 Å². The molecule has 1 N–H and O–H groups in total. The average Bonchev–Trinajstić information content (AvgIpc) is 2.52. The number of rotatable bonds is 4. The summed E-state index contributed by atoms with van der Waals surface area (Å²) in [7, 11) is 1.19. The van der Waals surface area contributed by atoms with Gasteiger partial charge in [0, 0.05) is 23.6 Å². The third-order valence-corrected chi connectivity index (χ3v) is 3.20. The Morgan fingerprint density at radius 1 is 1.15 bits per heavy atom. The molecule has 0 unspecified atom stereocenters. The highest BCUT2D eigenvalue weighted by atomic mass is 16.6. The van der Waals surface area contributed by atoms with E-state index in [0.717, 1.165) is 0 Å². The van der Waals surface area contributed by atoms with Gasteiger partial charge in [-0.25, -0.2) is 14.6 Å². The van der Waals surface area contributed by atoms with Gasteiger partial charge >= 0.3 is 12.1 Å². The normalized spacial score (nSPS) is 12.3. The van der Waals surface area contributed by atoms with Gasteiger partial charge in [0.05, 0.1) is 7.11 Å². The van der Waals surface area contributed by atoms with Gasteiger partial charge in [-0.05, 0) is 26.8 Å². The first-order valence-electron chi connectivity index (χ1n) is 8.47. The van der Waals surface area contributed by atoms with E-state index < -0.39 is 23.1 Å². The first-order valence-corrected chi connectivity index (χ1v) is 8.47. The van der Waals surface area contributed by atoms with Crippen molar-refractivity contribution in [2.45, 2.75) is 53.6 Å². The minimum absolute atomic E-state index is 0.0560. The second-order valence-electron chi connectivity index (χ2n) is 7.92. The van der Waals surface area contributed by atoms with Crippen LogP contribution in [0.1, 0.15) is 47.1 Å². The molecule has 0 aliphatic rings. The number of pyridine rings is 1. The molecule has 0 aromatic carbocycles. The lowest BCUT2D eigenvalue weighted by molar-refractivity contribution is -0.132. The van der Waals surface area contributed by atoms with E-state index in [0.29, 0.717) is 11.4 Å². The molecule has 1 aromatic heterocycles. The first kappa shape index (κ1) is 22.3. The summed E-state index contributed by atoms with van der Waals surface area (Å²) in [6.45, 7) is 10.4. The Morgan fingerprint density at radius 3 is 2.30 bits per heavy atom. The average molecular weight is 377 g/mol. The van der Waals surface area contributed by atoms with E-state index in [1.165, 1.54) is 13.3 Å². The molecule has 0 spiro atoms. The maximum absolute atomic E-state index is 12.2. The summed E-state index contributed by atoms with van der Waals surface area (Å²) in [5.41, 5.74) is -0.999. The maximum atomic E-state index is 12.2. The highest BCUT2D eigenvalue weighted by molar-refractivity contribution is 6.38. The lowest BCUT2D eigenvalue weighted by Gasteiger charge is -2.19. The summed E-state index contributed by atoms with van der Waals surface area (Å²) < 4.78 is 9.83. The fourth-order valence-electron chi connectivity index (χ4n) is 1.84. The van der Waals surface area contributed by atoms with E-state index in [4.69, 9.17) is 9.47 Å². The number of carbonyl (C=O) groups is 3. The molecular weight excluding hydrogens is 350 g/mol. The largest absolute Gasteiger partial charge is 0.465 e. The second kappa shape index (κ2) is 8.75. The topological polar surface area (TPSA) is 107 Å². The summed E-state index contributed by atoms with van der Waals surface area (Å²) in [5, 5.41) is 2.73. The van der Waals surface area contributed by atoms with Crippen molar-refractivity contribution < 1.29 is 23.9 Å². The minimum Gasteiger partial charge on any atom is -0.465 e. The molecule has 0 fully saturated rings. The van der Waals surface area contributed by atoms with Crippen LogP contribution in [0.4, 0.5) is 10.6 Å². The molecule has 8 nitrogen and oxygen atoms in total. The number of nitrogens with one attached hydrogen (secondary N) is 1. The molecular formula is C19H27N3O5. The van der Waals surface area contributed by atoms with E-state index >= 15 is 0 Å². The number of esters is 1. The van der Waals surface area contributed by atoms with Crippen LogP contribution in [0, 0.1) is 5.41 Å². The SMILES string of the molecule is COC(=O)C(Cc1cccnc1NC(=O)C(C)(C)C)=NC(=O)OC(C)(C)C. The summed E-state index contributed by atoms with van der Waals surface area (Å²) in [5.74, 6) is -0.706. The number of ether oxygens (including phenoxy) is 2. The molecule has 1 heterocycles. The van der Waals surface area contributed by atoms with Gasteiger partial charge in [0.25, 0.3) is 0 Å². The molecule has 8 heteroatoms. The van der Waals surface area contributed by atoms with Crippen LogP contribution in [0.25, 0.3) is 0 Å². The zero-order valence-corrected chi connectivity index (χ0v) is 16.9. The zero-order valence-electron chi connectivity index (χ0n) is 16.9. The molecule has 1 rings (SSSR count). The molecule has 2 amide bonds. The Balaban J connectivity index is 3.15. The molecule has 0 saturated heterocycles. The highest BCUT2D eigenvalue weighted by Crippen LogP contribution is 2.19. The fraction of sp³-hybridized carbons (Fsp3) is 0.526. The van der Waals surface area contributed by atoms with E-state index in [1.807, 2.05) is 0 Å². The molecule has 1 aromatic rings. The van der Waals surface area contributed by atoms with Crippen LogP contribution < -0.4 is 5.32 Å². The molecule has 0 saturated carbocycles. The van der Waals surface area contributed by atoms with Crippen LogP contribution in [0.5, 0.6) is 0 Å². The summed E-state index contributed by atoms with van der Waals surface area (Å²) in [6.07, 6.45) is 0.566. The Hall–Kier alpha value is -2.77. The van der Waals surface area contributed by atoms with Gasteiger partial charge in [-0.2, -0.15) is 4.99 Å². The molecule has 27 heavy (non-hydrogen) atoms. The number of aliphatic imine (C=N–C) groups is 1. The number of aromatic nitrogens is 1. The van der Waals surface area contributed by atoms with Gasteiger partial charge in [0.2, 0.25) is 5.91 Å². The summed E-state index contributed by atoms with van der Waals surface area (Å²) >= 11 is 0. The number of nitrogens with zero attached hydrogens (tertiary/aromatic N) is 2. The van der Waals surface area contributed by atoms with Crippen LogP contribution in [-0.2, 0) is 25.5 Å². The van der Waals surface area contributed by atoms with Gasteiger partial charge in [0.15, 0.2) is 0 Å². The third kappa shape index (κ3) is 7.55. The van der Waals surface area contributed by atoms with Crippen LogP contribution in [-0.4, -0.2) is 41.4 Å². The van der Waals surface area contributed by atoms with Gasteiger partial charge < -0.3 is 14.8 Å². The predicted octanol–water partition coefficient (Wildman–Crippen LogP) is 3.16. The molecule has 0 aliphatic heterocycles. The summed E-state index contributed by atoms with van der Waals surface area (Å²) in [4.78, 5) is 44.2. The van der Waals surface area contributed by atoms with Crippen LogP contribution in [0.3, 0.4) is 0 Å². The van der Waals surface area contributed by atoms with Crippen LogP contribution >= 0.6 is 0 Å². The Bertz CT molecular complexity index is 742. The van der Waals surface area contributed by atoms with E-state index in [1.54, 1.807) is 53.7 Å². The van der Waals surface area contributed by atoms with Gasteiger partial charge in [-0.1, -0.05) is 26.8 Å². The van der Waals surface area contributed by atoms with Crippen molar-refractivity contribution in [3.05, 3.63) is 23.9 Å². The van der Waals surface area contributed by atoms with Crippen molar-refractivity contribution >= 4 is 29.5 Å². The molecule has 0 aliphatic carbocycles. The zero-order chi connectivity index (χ0) is 20.8. The highest BCUT2D eigenvalue weighted by Gasteiger charge is 2.24. The lowest BCUT2D eigenvalue weighted by atomic mass is 9.95. The minimum atomic E-state index is -0.896. The van der Waals surface area contributed by atoms with Crippen LogP contribution in [0.2, 0.25) is 0 Å². The lowest BCUT2D eigenvalue weighted by Crippen LogP contribution is -2.29. The number of amides is 2. The van der Waals surface area contributed by atoms with Crippen molar-refractivity contribution in [1.82, 2.24) is 4.98 Å². The smallest absolute Gasteiger partial charge is 0.434 e. The summed E-state index contributed by atoms with van der Waals surface area (Å²) in [6, 6.07) is 3.34. The number of anilines is 1. The molecule has 0 atom stereocenters. The fourth-order valence-corrected chi connectivity index (χ4v) is 1.84. The van der Waals surface area contributed by atoms with Crippen molar-refractivity contribution in [3.63, 3.8) is 0 Å². The van der Waals surface area contributed by atoms with E-state index in [-0.39, 0.29) is 18.0 Å². The number of methoxy groups -OCH3 is 1. The van der Waals surface area contributed by atoms with Gasteiger partial charge in [0.1, 0.15) is 17.1 Å². The monoisotopic (exact) mass is 377 g/mol. The third-order valence-electron chi connectivity index (χ3n) is 3.20. The Morgan fingerprint density at radius 2 is 1.78 bits per heavy atom. The number of hydrogen-bond acceptors (Lipinski definition) is 6. The van der Waals surface area contributed by atoms with Crippen LogP contribution in [0.15, 0.2) is 23.3 Å². The first-order chi connectivity index (χ1) is 12.3. The standard InChI is InChI=1S/C19H27N3O5/c1-18(2,3)16(24)22-14-12(9-8-10-20-14)11-13(15(23)26-7)21-17(25)27-19(4,5)6/h8-10H,11H2,1-7H3,(H,20,22,24). The predicted molar refractivity (Wildman–Crippen MR) is 102 cm³/mol. The van der Waals surface area contributed by atoms with Crippen molar-refractivity contribution in [2.75, 3.05) is 12.4 Å². The van der Waals surface area contributed by atoms with Gasteiger partial charge in [-0.3, -0.25) is 4.79 Å². The Kier molecular flexibility index (Phi) is 7.21. The van der Waals surface area contributed by atoms with E-state index in [9.17, 15) is 14.4 Å². The molecule has 148 valence electrons. The van der Waals surface area contributed by atoms with E-state index in [2.05, 4.69) is 15.3 Å². The number of carbonyl (C=O) groups excluding carboxylic acids is 3. The maximum Gasteiger partial charge on any atom is 0.434 e. The quantitative estimate of drug-likeness (QED) is 0.638.